The van der Waals surface area contributed by atoms with Crippen LogP contribution in [0.1, 0.15) is 75.7 Å². The number of ether oxygens (including phenoxy) is 4. The Hall–Kier alpha value is -3.38. The second-order valence-electron chi connectivity index (χ2n) is 11.5. The van der Waals surface area contributed by atoms with Gasteiger partial charge in [-0.15, -0.1) is 0 Å². The van der Waals surface area contributed by atoms with Gasteiger partial charge in [0.1, 0.15) is 17.4 Å². The van der Waals surface area contributed by atoms with Gasteiger partial charge in [0.15, 0.2) is 11.6 Å². The van der Waals surface area contributed by atoms with Gasteiger partial charge in [0.2, 0.25) is 5.43 Å². The lowest BCUT2D eigenvalue weighted by Gasteiger charge is -2.47. The SMILES string of the molecule is C1COCCO1.CCCCOC(=O)NC1N(c2c(F)cc3c(=O)c(C(=O)O)cn(C4CC4)c3c2OC)CCCC1(C)C. The number of benzene rings is 1. The van der Waals surface area contributed by atoms with Gasteiger partial charge in [-0.25, -0.2) is 14.0 Å². The highest BCUT2D eigenvalue weighted by atomic mass is 19.1. The fraction of sp³-hybridized carbons (Fsp3) is 0.633. The number of halogens is 1. The maximum Gasteiger partial charge on any atom is 0.408 e. The molecule has 3 fully saturated rings. The van der Waals surface area contributed by atoms with Gasteiger partial charge < -0.3 is 38.8 Å². The minimum atomic E-state index is -1.36. The maximum absolute atomic E-state index is 15.9. The molecular formula is C30H42FN3O8. The van der Waals surface area contributed by atoms with E-state index in [-0.39, 0.29) is 22.9 Å². The second-order valence-corrected chi connectivity index (χ2v) is 11.5. The number of anilines is 1. The van der Waals surface area contributed by atoms with Crippen molar-refractivity contribution in [3.63, 3.8) is 0 Å². The van der Waals surface area contributed by atoms with Crippen LogP contribution in [0.2, 0.25) is 0 Å². The van der Waals surface area contributed by atoms with E-state index in [0.29, 0.717) is 18.7 Å². The monoisotopic (exact) mass is 591 g/mol. The Morgan fingerprint density at radius 2 is 1.86 bits per heavy atom. The standard InChI is InChI=1S/C26H34FN3O6.C4H8O2/c1-5-6-12-36-25(34)28-24-26(2,3)10-7-11-29(24)20-18(27)13-16-19(22(20)35-4)30(15-8-9-15)14-17(21(16)31)23(32)33;1-2-6-4-3-5-1/h13-15,24H,5-12H2,1-4H3,(H,28,34)(H,32,33);1-4H2. The summed E-state index contributed by atoms with van der Waals surface area (Å²) in [6.07, 6.45) is 4.98. The molecule has 232 valence electrons. The lowest BCUT2D eigenvalue weighted by atomic mass is 9.80. The fourth-order valence-electron chi connectivity index (χ4n) is 5.51. The molecule has 1 unspecified atom stereocenters. The van der Waals surface area contributed by atoms with E-state index in [9.17, 15) is 19.5 Å². The number of hydrogen-bond donors (Lipinski definition) is 2. The Labute approximate surface area is 244 Å². The second kappa shape index (κ2) is 13.7. The number of carboxylic acid groups (broad SMARTS) is 1. The predicted molar refractivity (Wildman–Crippen MR) is 155 cm³/mol. The number of pyridine rings is 1. The van der Waals surface area contributed by atoms with Gasteiger partial charge in [0.25, 0.3) is 0 Å². The number of carbonyl (C=O) groups excluding carboxylic acids is 1. The third kappa shape index (κ3) is 6.97. The van der Waals surface area contributed by atoms with Crippen molar-refractivity contribution in [3.05, 3.63) is 33.9 Å². The number of carboxylic acids is 1. The minimum absolute atomic E-state index is 0.00123. The zero-order valence-electron chi connectivity index (χ0n) is 24.9. The van der Waals surface area contributed by atoms with E-state index in [4.69, 9.17) is 18.9 Å². The van der Waals surface area contributed by atoms with Crippen molar-refractivity contribution in [2.45, 2.75) is 71.5 Å². The molecule has 1 aromatic carbocycles. The first-order valence-corrected chi connectivity index (χ1v) is 14.6. The highest BCUT2D eigenvalue weighted by Gasteiger charge is 2.42. The normalized spacial score (nSPS) is 19.9. The smallest absolute Gasteiger partial charge is 0.408 e. The van der Waals surface area contributed by atoms with Crippen LogP contribution in [0.5, 0.6) is 5.75 Å². The topological polar surface area (TPSA) is 129 Å². The number of aromatic nitrogens is 1. The van der Waals surface area contributed by atoms with Crippen molar-refractivity contribution in [1.29, 1.82) is 0 Å². The van der Waals surface area contributed by atoms with Gasteiger partial charge in [0.05, 0.1) is 51.0 Å². The van der Waals surface area contributed by atoms with Crippen LogP contribution in [0.3, 0.4) is 0 Å². The van der Waals surface area contributed by atoms with Gasteiger partial charge >= 0.3 is 12.1 Å². The number of aromatic carboxylic acids is 1. The summed E-state index contributed by atoms with van der Waals surface area (Å²) in [5.41, 5.74) is -1.09. The molecule has 1 saturated carbocycles. The third-order valence-corrected chi connectivity index (χ3v) is 7.86. The van der Waals surface area contributed by atoms with Crippen LogP contribution in [0, 0.1) is 11.2 Å². The largest absolute Gasteiger partial charge is 0.492 e. The molecular weight excluding hydrogens is 549 g/mol. The number of amides is 1. The maximum atomic E-state index is 15.9. The van der Waals surface area contributed by atoms with Crippen LogP contribution in [0.25, 0.3) is 10.9 Å². The van der Waals surface area contributed by atoms with E-state index in [1.54, 1.807) is 9.47 Å². The van der Waals surface area contributed by atoms with E-state index in [1.165, 1.54) is 13.3 Å². The van der Waals surface area contributed by atoms with Crippen molar-refractivity contribution < 1.29 is 38.0 Å². The zero-order valence-corrected chi connectivity index (χ0v) is 24.9. The number of fused-ring (bicyclic) bond motifs is 1. The van der Waals surface area contributed by atoms with Gasteiger partial charge in [-0.05, 0) is 38.2 Å². The van der Waals surface area contributed by atoms with E-state index in [2.05, 4.69) is 5.32 Å². The van der Waals surface area contributed by atoms with Crippen molar-refractivity contribution in [2.75, 3.05) is 51.6 Å². The summed E-state index contributed by atoms with van der Waals surface area (Å²) in [6, 6.07) is 1.10. The molecule has 1 aromatic heterocycles. The molecule has 2 aliphatic heterocycles. The number of carbonyl (C=O) groups is 2. The van der Waals surface area contributed by atoms with Crippen molar-refractivity contribution in [3.8, 4) is 5.75 Å². The van der Waals surface area contributed by atoms with Crippen LogP contribution in [-0.2, 0) is 14.2 Å². The molecule has 11 nitrogen and oxygen atoms in total. The quantitative estimate of drug-likeness (QED) is 0.420. The van der Waals surface area contributed by atoms with Crippen molar-refractivity contribution >= 4 is 28.7 Å². The minimum Gasteiger partial charge on any atom is -0.492 e. The lowest BCUT2D eigenvalue weighted by Crippen LogP contribution is -2.59. The summed E-state index contributed by atoms with van der Waals surface area (Å²) in [5, 5.41) is 12.4. The first-order valence-electron chi connectivity index (χ1n) is 14.6. The summed E-state index contributed by atoms with van der Waals surface area (Å²) in [7, 11) is 1.40. The average Bonchev–Trinajstić information content (AvgIpc) is 3.81. The number of piperidine rings is 1. The molecule has 1 amide bonds. The van der Waals surface area contributed by atoms with Crippen LogP contribution in [0.15, 0.2) is 17.1 Å². The van der Waals surface area contributed by atoms with E-state index >= 15 is 4.39 Å². The molecule has 5 rings (SSSR count). The molecule has 2 N–H and O–H groups in total. The van der Waals surface area contributed by atoms with Gasteiger partial charge in [-0.3, -0.25) is 4.79 Å². The Bertz CT molecular complexity index is 1320. The zero-order chi connectivity index (χ0) is 30.4. The number of nitrogens with zero attached hydrogens (tertiary/aromatic N) is 2. The lowest BCUT2D eigenvalue weighted by molar-refractivity contribution is -0.0334. The molecule has 12 heteroatoms. The number of methoxy groups -OCH3 is 1. The molecule has 0 spiro atoms. The number of nitrogens with one attached hydrogen (secondary N) is 1. The number of unbranched alkanes of at least 4 members (excludes halogenated alkanes) is 1. The van der Waals surface area contributed by atoms with Crippen molar-refractivity contribution in [2.24, 2.45) is 5.41 Å². The summed E-state index contributed by atoms with van der Waals surface area (Å²) >= 11 is 0. The Morgan fingerprint density at radius 3 is 2.40 bits per heavy atom. The molecule has 0 radical (unpaired) electrons. The number of hydrogen-bond acceptors (Lipinski definition) is 8. The van der Waals surface area contributed by atoms with Crippen LogP contribution in [0.4, 0.5) is 14.9 Å². The molecule has 42 heavy (non-hydrogen) atoms. The molecule has 2 saturated heterocycles. The van der Waals surface area contributed by atoms with Crippen LogP contribution < -0.4 is 20.4 Å². The molecule has 2 aromatic rings. The molecule has 3 heterocycles. The van der Waals surface area contributed by atoms with E-state index in [0.717, 1.165) is 71.0 Å². The van der Waals surface area contributed by atoms with Crippen LogP contribution >= 0.6 is 0 Å². The average molecular weight is 592 g/mol. The Balaban J connectivity index is 0.000000600. The Kier molecular flexibility index (Phi) is 10.3. The van der Waals surface area contributed by atoms with Crippen molar-refractivity contribution in [1.82, 2.24) is 9.88 Å². The summed E-state index contributed by atoms with van der Waals surface area (Å²) in [6.45, 7) is 9.86. The first kappa shape index (κ1) is 31.6. The Morgan fingerprint density at radius 1 is 1.19 bits per heavy atom. The molecule has 1 aliphatic carbocycles. The van der Waals surface area contributed by atoms with Gasteiger partial charge in [0, 0.05) is 24.2 Å². The molecule has 3 aliphatic rings. The first-order chi connectivity index (χ1) is 20.1. The highest BCUT2D eigenvalue weighted by Crippen LogP contribution is 2.46. The summed E-state index contributed by atoms with van der Waals surface area (Å²) in [4.78, 5) is 39.1. The van der Waals surface area contributed by atoms with Gasteiger partial charge in [-0.1, -0.05) is 27.2 Å². The van der Waals surface area contributed by atoms with E-state index in [1.807, 2.05) is 20.8 Å². The fourth-order valence-corrected chi connectivity index (χ4v) is 5.51. The molecule has 1 atom stereocenters. The van der Waals surface area contributed by atoms with Crippen LogP contribution in [-0.4, -0.2) is 74.6 Å². The van der Waals surface area contributed by atoms with Gasteiger partial charge in [-0.2, -0.15) is 0 Å². The summed E-state index contributed by atoms with van der Waals surface area (Å²) in [5.74, 6) is -1.93. The number of rotatable bonds is 8. The third-order valence-electron chi connectivity index (χ3n) is 7.86. The predicted octanol–water partition coefficient (Wildman–Crippen LogP) is 4.69. The van der Waals surface area contributed by atoms with E-state index < -0.39 is 40.5 Å². The highest BCUT2D eigenvalue weighted by molar-refractivity contribution is 5.97. The molecule has 0 bridgehead atoms. The number of alkyl carbamates (subject to hydrolysis) is 1. The summed E-state index contributed by atoms with van der Waals surface area (Å²) < 4.78 is 38.5.